The Morgan fingerprint density at radius 3 is 2.54 bits per heavy atom. The zero-order valence-electron chi connectivity index (χ0n) is 14.0. The van der Waals surface area contributed by atoms with Gasteiger partial charge in [-0.1, -0.05) is 47.7 Å². The number of nitrogens with one attached hydrogen (secondary N) is 1. The Labute approximate surface area is 154 Å². The van der Waals surface area contributed by atoms with Crippen molar-refractivity contribution >= 4 is 32.5 Å². The Morgan fingerprint density at radius 2 is 1.85 bits per heavy atom. The van der Waals surface area contributed by atoms with Crippen LogP contribution in [0.25, 0.3) is 10.6 Å². The first-order chi connectivity index (χ1) is 12.4. The lowest BCUT2D eigenvalue weighted by molar-refractivity contribution is 0.0600. The highest BCUT2D eigenvalue weighted by Crippen LogP contribution is 2.28. The van der Waals surface area contributed by atoms with Gasteiger partial charge in [0.05, 0.1) is 17.6 Å². The predicted octanol–water partition coefficient (Wildman–Crippen LogP) is 3.10. The van der Waals surface area contributed by atoms with Gasteiger partial charge in [0.25, 0.3) is 10.0 Å². The Balaban J connectivity index is 1.90. The monoisotopic (exact) mass is 389 g/mol. The van der Waals surface area contributed by atoms with E-state index in [9.17, 15) is 13.2 Å². The molecule has 1 aromatic heterocycles. The van der Waals surface area contributed by atoms with Gasteiger partial charge in [0.1, 0.15) is 5.01 Å². The number of nitrogens with zero attached hydrogens (tertiary/aromatic N) is 2. The third-order valence-electron chi connectivity index (χ3n) is 3.57. The van der Waals surface area contributed by atoms with Crippen molar-refractivity contribution in [1.29, 1.82) is 0 Å². The molecule has 0 saturated carbocycles. The van der Waals surface area contributed by atoms with Crippen molar-refractivity contribution in [1.82, 2.24) is 10.2 Å². The Morgan fingerprint density at radius 1 is 1.12 bits per heavy atom. The molecule has 7 nitrogen and oxygen atoms in total. The normalized spacial score (nSPS) is 11.2. The molecule has 0 amide bonds. The second kappa shape index (κ2) is 7.22. The molecule has 9 heteroatoms. The van der Waals surface area contributed by atoms with Crippen LogP contribution >= 0.6 is 11.3 Å². The molecular formula is C17H15N3O4S2. The van der Waals surface area contributed by atoms with Gasteiger partial charge in [0, 0.05) is 5.56 Å². The third kappa shape index (κ3) is 3.73. The van der Waals surface area contributed by atoms with Crippen LogP contribution in [0.3, 0.4) is 0 Å². The minimum Gasteiger partial charge on any atom is -0.465 e. The van der Waals surface area contributed by atoms with Gasteiger partial charge in [-0.05, 0) is 24.6 Å². The van der Waals surface area contributed by atoms with Crippen LogP contribution in [0, 0.1) is 6.92 Å². The van der Waals surface area contributed by atoms with Crippen LogP contribution in [0.2, 0.25) is 0 Å². The van der Waals surface area contributed by atoms with Crippen LogP contribution < -0.4 is 4.72 Å². The number of sulfonamides is 1. The van der Waals surface area contributed by atoms with Crippen molar-refractivity contribution in [3.63, 3.8) is 0 Å². The number of aromatic nitrogens is 2. The van der Waals surface area contributed by atoms with E-state index in [0.29, 0.717) is 10.6 Å². The predicted molar refractivity (Wildman–Crippen MR) is 98.7 cm³/mol. The van der Waals surface area contributed by atoms with E-state index in [2.05, 4.69) is 19.7 Å². The van der Waals surface area contributed by atoms with Crippen LogP contribution in [-0.4, -0.2) is 31.7 Å². The molecule has 0 fully saturated rings. The van der Waals surface area contributed by atoms with Crippen molar-refractivity contribution in [3.8, 4) is 10.6 Å². The largest absolute Gasteiger partial charge is 0.465 e. The van der Waals surface area contributed by atoms with E-state index in [0.717, 1.165) is 16.9 Å². The highest BCUT2D eigenvalue weighted by Gasteiger charge is 2.21. The summed E-state index contributed by atoms with van der Waals surface area (Å²) in [6.45, 7) is 1.64. The van der Waals surface area contributed by atoms with Gasteiger partial charge in [0.2, 0.25) is 5.13 Å². The first-order valence-electron chi connectivity index (χ1n) is 7.51. The highest BCUT2D eigenvalue weighted by molar-refractivity contribution is 7.93. The number of carbonyl (C=O) groups is 1. The number of aryl methyl sites for hydroxylation is 1. The fourth-order valence-electron chi connectivity index (χ4n) is 2.27. The van der Waals surface area contributed by atoms with Crippen molar-refractivity contribution in [2.75, 3.05) is 11.8 Å². The van der Waals surface area contributed by atoms with Crippen LogP contribution in [0.5, 0.6) is 0 Å². The van der Waals surface area contributed by atoms with Crippen LogP contribution in [0.4, 0.5) is 5.13 Å². The number of methoxy groups -OCH3 is 1. The second-order valence-corrected chi connectivity index (χ2v) is 7.98. The van der Waals surface area contributed by atoms with Gasteiger partial charge >= 0.3 is 5.97 Å². The van der Waals surface area contributed by atoms with E-state index < -0.39 is 16.0 Å². The average Bonchev–Trinajstić information content (AvgIpc) is 3.09. The van der Waals surface area contributed by atoms with Gasteiger partial charge in [-0.3, -0.25) is 4.72 Å². The zero-order chi connectivity index (χ0) is 18.7. The number of rotatable bonds is 5. The molecule has 1 N–H and O–H groups in total. The molecule has 0 aliphatic heterocycles. The molecule has 3 aromatic rings. The molecule has 0 bridgehead atoms. The topological polar surface area (TPSA) is 98.2 Å². The molecule has 1 heterocycles. The molecule has 0 saturated heterocycles. The minimum atomic E-state index is -3.93. The Bertz CT molecular complexity index is 1050. The van der Waals surface area contributed by atoms with Crippen molar-refractivity contribution in [2.24, 2.45) is 0 Å². The lowest BCUT2D eigenvalue weighted by Crippen LogP contribution is -2.15. The number of hydrogen-bond donors (Lipinski definition) is 1. The van der Waals surface area contributed by atoms with Gasteiger partial charge in [-0.25, -0.2) is 13.2 Å². The van der Waals surface area contributed by atoms with E-state index in [4.69, 9.17) is 0 Å². The number of esters is 1. The lowest BCUT2D eigenvalue weighted by Gasteiger charge is -2.09. The van der Waals surface area contributed by atoms with Gasteiger partial charge in [-0.2, -0.15) is 0 Å². The summed E-state index contributed by atoms with van der Waals surface area (Å²) in [5.74, 6) is -0.608. The second-order valence-electron chi connectivity index (χ2n) is 5.36. The molecule has 134 valence electrons. The maximum absolute atomic E-state index is 12.7. The SMILES string of the molecule is COC(=O)c1ccc(C)c(S(=O)(=O)Nc2nnc(-c3ccccc3)s2)c1. The quantitative estimate of drug-likeness (QED) is 0.673. The standard InChI is InChI=1S/C17H15N3O4S2/c1-11-8-9-13(16(21)24-2)10-14(11)26(22,23)20-17-19-18-15(25-17)12-6-4-3-5-7-12/h3-10H,1-2H3,(H,19,20). The molecule has 3 rings (SSSR count). The summed E-state index contributed by atoms with van der Waals surface area (Å²) in [5, 5.41) is 8.65. The molecule has 0 aliphatic carbocycles. The fourth-order valence-corrected chi connectivity index (χ4v) is 4.52. The van der Waals surface area contributed by atoms with E-state index in [1.807, 2.05) is 30.3 Å². The van der Waals surface area contributed by atoms with E-state index in [1.54, 1.807) is 13.0 Å². The fraction of sp³-hybridized carbons (Fsp3) is 0.118. The minimum absolute atomic E-state index is 0.0168. The first kappa shape index (κ1) is 18.0. The summed E-state index contributed by atoms with van der Waals surface area (Å²) in [4.78, 5) is 11.6. The summed E-state index contributed by atoms with van der Waals surface area (Å²) in [5.41, 5.74) is 1.50. The molecule has 0 radical (unpaired) electrons. The smallest absolute Gasteiger partial charge is 0.337 e. The van der Waals surface area contributed by atoms with E-state index in [1.165, 1.54) is 19.2 Å². The van der Waals surface area contributed by atoms with Gasteiger partial charge in [-0.15, -0.1) is 10.2 Å². The van der Waals surface area contributed by atoms with E-state index in [-0.39, 0.29) is 15.6 Å². The Hall–Kier alpha value is -2.78. The zero-order valence-corrected chi connectivity index (χ0v) is 15.6. The molecule has 0 aliphatic rings. The number of hydrogen-bond acceptors (Lipinski definition) is 7. The summed E-state index contributed by atoms with van der Waals surface area (Å²) in [7, 11) is -2.69. The number of benzene rings is 2. The molecule has 0 unspecified atom stereocenters. The van der Waals surface area contributed by atoms with Crippen molar-refractivity contribution in [3.05, 3.63) is 59.7 Å². The maximum Gasteiger partial charge on any atom is 0.337 e. The van der Waals surface area contributed by atoms with Crippen molar-refractivity contribution < 1.29 is 17.9 Å². The van der Waals surface area contributed by atoms with Crippen LogP contribution in [-0.2, 0) is 14.8 Å². The summed E-state index contributed by atoms with van der Waals surface area (Å²) >= 11 is 1.12. The maximum atomic E-state index is 12.7. The Kier molecular flexibility index (Phi) is 5.01. The molecule has 26 heavy (non-hydrogen) atoms. The van der Waals surface area contributed by atoms with Gasteiger partial charge in [0.15, 0.2) is 0 Å². The summed E-state index contributed by atoms with van der Waals surface area (Å²) in [6, 6.07) is 13.7. The highest BCUT2D eigenvalue weighted by atomic mass is 32.2. The van der Waals surface area contributed by atoms with Crippen LogP contribution in [0.15, 0.2) is 53.4 Å². The van der Waals surface area contributed by atoms with Crippen LogP contribution in [0.1, 0.15) is 15.9 Å². The summed E-state index contributed by atoms with van der Waals surface area (Å²) < 4.78 is 32.5. The summed E-state index contributed by atoms with van der Waals surface area (Å²) in [6.07, 6.45) is 0. The molecular weight excluding hydrogens is 374 g/mol. The number of anilines is 1. The average molecular weight is 389 g/mol. The molecule has 0 spiro atoms. The molecule has 2 aromatic carbocycles. The number of ether oxygens (including phenoxy) is 1. The first-order valence-corrected chi connectivity index (χ1v) is 9.81. The van der Waals surface area contributed by atoms with Crippen molar-refractivity contribution in [2.45, 2.75) is 11.8 Å². The number of carbonyl (C=O) groups excluding carboxylic acids is 1. The third-order valence-corrected chi connectivity index (χ3v) is 6.06. The lowest BCUT2D eigenvalue weighted by atomic mass is 10.1. The molecule has 0 atom stereocenters. The van der Waals surface area contributed by atoms with Gasteiger partial charge < -0.3 is 4.74 Å². The van der Waals surface area contributed by atoms with E-state index >= 15 is 0 Å².